The number of methoxy groups -OCH3 is 1. The van der Waals surface area contributed by atoms with Crippen LogP contribution in [0, 0.1) is 0 Å². The fourth-order valence-corrected chi connectivity index (χ4v) is 4.55. The Hall–Kier alpha value is -2.66. The van der Waals surface area contributed by atoms with Crippen molar-refractivity contribution >= 4 is 11.4 Å². The number of hydrogen-bond donors (Lipinski definition) is 1. The predicted octanol–water partition coefficient (Wildman–Crippen LogP) is 3.83. The van der Waals surface area contributed by atoms with Gasteiger partial charge in [-0.05, 0) is 42.2 Å². The first-order valence-electron chi connectivity index (χ1n) is 9.87. The maximum Gasteiger partial charge on any atom is 0.136 e. The molecule has 1 aliphatic carbocycles. The summed E-state index contributed by atoms with van der Waals surface area (Å²) in [5, 5.41) is 11.2. The monoisotopic (exact) mass is 377 g/mol. The smallest absolute Gasteiger partial charge is 0.136 e. The second-order valence-electron chi connectivity index (χ2n) is 7.54. The summed E-state index contributed by atoms with van der Waals surface area (Å²) in [6, 6.07) is 12.2. The van der Waals surface area contributed by atoms with E-state index in [2.05, 4.69) is 29.4 Å². The van der Waals surface area contributed by atoms with Crippen LogP contribution in [-0.2, 0) is 11.8 Å². The van der Waals surface area contributed by atoms with Crippen molar-refractivity contribution in [1.29, 1.82) is 0 Å². The van der Waals surface area contributed by atoms with Crippen molar-refractivity contribution < 1.29 is 9.84 Å². The second-order valence-corrected chi connectivity index (χ2v) is 7.54. The molecule has 1 saturated carbocycles. The standard InChI is InChI=1S/C23H27N3O2/c1-24-20(15-17-6-9-19(28-2)10-7-17)23(12-4-3-5-21(23)27)18-8-11-22-25-13-14-26(22)16-18/h6-11,13-14,16,21,27H,3-5,12,15H2,1-2H3/b24-20-. The Morgan fingerprint density at radius 1 is 1.25 bits per heavy atom. The molecule has 2 atom stereocenters. The van der Waals surface area contributed by atoms with E-state index in [0.717, 1.165) is 48.4 Å². The van der Waals surface area contributed by atoms with Crippen LogP contribution in [0.15, 0.2) is 60.0 Å². The highest BCUT2D eigenvalue weighted by Crippen LogP contribution is 2.42. The molecule has 28 heavy (non-hydrogen) atoms. The second kappa shape index (κ2) is 7.76. The highest BCUT2D eigenvalue weighted by atomic mass is 16.5. The van der Waals surface area contributed by atoms with Crippen LogP contribution < -0.4 is 4.74 Å². The normalized spacial score (nSPS) is 23.1. The zero-order valence-electron chi connectivity index (χ0n) is 16.5. The molecule has 1 fully saturated rings. The highest BCUT2D eigenvalue weighted by molar-refractivity contribution is 5.97. The fourth-order valence-electron chi connectivity index (χ4n) is 4.55. The Labute approximate surface area is 165 Å². The van der Waals surface area contributed by atoms with E-state index in [1.54, 1.807) is 13.3 Å². The zero-order valence-corrected chi connectivity index (χ0v) is 16.5. The molecule has 0 saturated heterocycles. The lowest BCUT2D eigenvalue weighted by Crippen LogP contribution is -2.49. The number of hydrogen-bond acceptors (Lipinski definition) is 4. The van der Waals surface area contributed by atoms with Gasteiger partial charge in [-0.1, -0.05) is 31.0 Å². The van der Waals surface area contributed by atoms with Crippen molar-refractivity contribution in [1.82, 2.24) is 9.38 Å². The van der Waals surface area contributed by atoms with Crippen molar-refractivity contribution in [3.8, 4) is 5.75 Å². The number of nitrogens with zero attached hydrogens (tertiary/aromatic N) is 3. The molecule has 146 valence electrons. The minimum absolute atomic E-state index is 0.445. The third-order valence-corrected chi connectivity index (χ3v) is 6.09. The van der Waals surface area contributed by atoms with Crippen molar-refractivity contribution in [3.63, 3.8) is 0 Å². The van der Waals surface area contributed by atoms with Gasteiger partial charge in [0.15, 0.2) is 0 Å². The van der Waals surface area contributed by atoms with Gasteiger partial charge in [-0.25, -0.2) is 4.98 Å². The third kappa shape index (κ3) is 3.20. The number of imidazole rings is 1. The van der Waals surface area contributed by atoms with Gasteiger partial charge in [-0.15, -0.1) is 0 Å². The first-order valence-corrected chi connectivity index (χ1v) is 9.87. The molecule has 0 amide bonds. The zero-order chi connectivity index (χ0) is 19.6. The highest BCUT2D eigenvalue weighted by Gasteiger charge is 2.45. The van der Waals surface area contributed by atoms with Crippen LogP contribution in [0.3, 0.4) is 0 Å². The van der Waals surface area contributed by atoms with Crippen LogP contribution in [0.1, 0.15) is 36.8 Å². The Balaban J connectivity index is 1.77. The summed E-state index contributed by atoms with van der Waals surface area (Å²) in [5.74, 6) is 0.844. The summed E-state index contributed by atoms with van der Waals surface area (Å²) in [4.78, 5) is 9.07. The van der Waals surface area contributed by atoms with Crippen molar-refractivity contribution in [2.45, 2.75) is 43.6 Å². The summed E-state index contributed by atoms with van der Waals surface area (Å²) in [7, 11) is 3.52. The van der Waals surface area contributed by atoms with E-state index < -0.39 is 11.5 Å². The average molecular weight is 377 g/mol. The lowest BCUT2D eigenvalue weighted by atomic mass is 9.63. The number of pyridine rings is 1. The number of rotatable bonds is 5. The minimum atomic E-state index is -0.467. The molecule has 0 spiro atoms. The van der Waals surface area contributed by atoms with Crippen molar-refractivity contribution in [2.75, 3.05) is 14.2 Å². The van der Waals surface area contributed by atoms with E-state index in [9.17, 15) is 5.11 Å². The number of benzene rings is 1. The first-order chi connectivity index (χ1) is 13.7. The topological polar surface area (TPSA) is 59.1 Å². The molecule has 2 heterocycles. The van der Waals surface area contributed by atoms with E-state index in [-0.39, 0.29) is 0 Å². The van der Waals surface area contributed by atoms with Crippen LogP contribution in [-0.4, -0.2) is 40.5 Å². The van der Waals surface area contributed by atoms with Gasteiger partial charge in [-0.2, -0.15) is 0 Å². The molecule has 3 aromatic rings. The quantitative estimate of drug-likeness (QED) is 0.688. The van der Waals surface area contributed by atoms with E-state index in [1.165, 1.54) is 5.56 Å². The molecule has 1 aromatic carbocycles. The molecule has 5 nitrogen and oxygen atoms in total. The summed E-state index contributed by atoms with van der Waals surface area (Å²) < 4.78 is 7.30. The van der Waals surface area contributed by atoms with Gasteiger partial charge < -0.3 is 14.2 Å². The van der Waals surface area contributed by atoms with Gasteiger partial charge in [0.2, 0.25) is 0 Å². The lowest BCUT2D eigenvalue weighted by molar-refractivity contribution is 0.0769. The number of aliphatic hydroxyl groups excluding tert-OH is 1. The Morgan fingerprint density at radius 3 is 2.79 bits per heavy atom. The van der Waals surface area contributed by atoms with E-state index >= 15 is 0 Å². The molecular weight excluding hydrogens is 350 g/mol. The minimum Gasteiger partial charge on any atom is -0.497 e. The molecule has 4 rings (SSSR count). The molecule has 1 aliphatic rings. The summed E-state index contributed by atoms with van der Waals surface area (Å²) in [6.07, 6.45) is 9.95. The maximum absolute atomic E-state index is 11.2. The number of aromatic nitrogens is 2. The Bertz CT molecular complexity index is 977. The van der Waals surface area contributed by atoms with Crippen molar-refractivity contribution in [3.05, 3.63) is 66.1 Å². The maximum atomic E-state index is 11.2. The third-order valence-electron chi connectivity index (χ3n) is 6.09. The van der Waals surface area contributed by atoms with Crippen LogP contribution in [0.25, 0.3) is 5.65 Å². The van der Waals surface area contributed by atoms with Gasteiger partial charge in [0.05, 0.1) is 18.6 Å². The average Bonchev–Trinajstić information content (AvgIpc) is 3.21. The summed E-state index contributed by atoms with van der Waals surface area (Å²) >= 11 is 0. The number of ether oxygens (including phenoxy) is 1. The van der Waals surface area contributed by atoms with Gasteiger partial charge in [-0.3, -0.25) is 4.99 Å². The lowest BCUT2D eigenvalue weighted by Gasteiger charge is -2.43. The molecule has 2 unspecified atom stereocenters. The SMILES string of the molecule is C/N=C(/Cc1ccc(OC)cc1)C1(c2ccc3nccn3c2)CCCCC1O. The number of fused-ring (bicyclic) bond motifs is 1. The van der Waals surface area contributed by atoms with Crippen LogP contribution in [0.4, 0.5) is 0 Å². The first kappa shape index (κ1) is 18.7. The van der Waals surface area contributed by atoms with Gasteiger partial charge in [0.1, 0.15) is 11.4 Å². The predicted molar refractivity (Wildman–Crippen MR) is 111 cm³/mol. The molecular formula is C23H27N3O2. The Kier molecular flexibility index (Phi) is 5.18. The molecule has 1 N–H and O–H groups in total. The fraction of sp³-hybridized carbons (Fsp3) is 0.391. The number of aliphatic hydroxyl groups is 1. The summed E-state index contributed by atoms with van der Waals surface area (Å²) in [5.41, 5.74) is 3.76. The van der Waals surface area contributed by atoms with Gasteiger partial charge >= 0.3 is 0 Å². The molecule has 2 aromatic heterocycles. The van der Waals surface area contributed by atoms with E-state index in [1.807, 2.05) is 35.8 Å². The van der Waals surface area contributed by atoms with Crippen LogP contribution >= 0.6 is 0 Å². The molecule has 0 bridgehead atoms. The van der Waals surface area contributed by atoms with Crippen LogP contribution in [0.2, 0.25) is 0 Å². The van der Waals surface area contributed by atoms with Gasteiger partial charge in [0, 0.05) is 37.8 Å². The van der Waals surface area contributed by atoms with Crippen molar-refractivity contribution in [2.24, 2.45) is 4.99 Å². The van der Waals surface area contributed by atoms with Gasteiger partial charge in [0.25, 0.3) is 0 Å². The number of aliphatic imine (C=N–C) groups is 1. The molecule has 0 radical (unpaired) electrons. The van der Waals surface area contributed by atoms with E-state index in [0.29, 0.717) is 6.42 Å². The molecule has 0 aliphatic heterocycles. The van der Waals surface area contributed by atoms with Crippen LogP contribution in [0.5, 0.6) is 5.75 Å². The largest absolute Gasteiger partial charge is 0.497 e. The van der Waals surface area contributed by atoms with E-state index in [4.69, 9.17) is 9.73 Å². The Morgan fingerprint density at radius 2 is 2.07 bits per heavy atom. The summed E-state index contributed by atoms with van der Waals surface area (Å²) in [6.45, 7) is 0. The molecule has 5 heteroatoms.